The van der Waals surface area contributed by atoms with Crippen LogP contribution in [0.3, 0.4) is 0 Å². The minimum absolute atomic E-state index is 0.204. The summed E-state index contributed by atoms with van der Waals surface area (Å²) in [6.45, 7) is 3.81. The molecule has 1 aromatic heterocycles. The first-order chi connectivity index (χ1) is 8.77. The predicted molar refractivity (Wildman–Crippen MR) is 69.0 cm³/mol. The monoisotopic (exact) mass is 248 g/mol. The van der Waals surface area contributed by atoms with E-state index in [2.05, 4.69) is 16.0 Å². The molecule has 4 nitrogen and oxygen atoms in total. The number of likely N-dealkylation sites (tertiary alicyclic amines) is 1. The van der Waals surface area contributed by atoms with E-state index in [9.17, 15) is 4.79 Å². The Kier molecular flexibility index (Phi) is 4.70. The van der Waals surface area contributed by atoms with Gasteiger partial charge >= 0.3 is 5.97 Å². The van der Waals surface area contributed by atoms with Gasteiger partial charge in [-0.1, -0.05) is 12.5 Å². The van der Waals surface area contributed by atoms with E-state index in [4.69, 9.17) is 4.74 Å². The molecular weight excluding hydrogens is 228 g/mol. The molecule has 18 heavy (non-hydrogen) atoms. The molecule has 1 aliphatic heterocycles. The second-order valence-electron chi connectivity index (χ2n) is 4.67. The van der Waals surface area contributed by atoms with Crippen LogP contribution in [0.2, 0.25) is 0 Å². The molecule has 0 amide bonds. The van der Waals surface area contributed by atoms with Crippen LogP contribution in [0.1, 0.15) is 37.8 Å². The van der Waals surface area contributed by atoms with Crippen molar-refractivity contribution >= 4 is 5.97 Å². The molecule has 1 aliphatic rings. The maximum atomic E-state index is 10.8. The highest BCUT2D eigenvalue weighted by Gasteiger charge is 2.23. The van der Waals surface area contributed by atoms with Crippen molar-refractivity contribution in [3.63, 3.8) is 0 Å². The summed E-state index contributed by atoms with van der Waals surface area (Å²) in [6, 6.07) is 4.53. The zero-order valence-corrected chi connectivity index (χ0v) is 10.8. The highest BCUT2D eigenvalue weighted by atomic mass is 16.5. The molecule has 0 bridgehead atoms. The summed E-state index contributed by atoms with van der Waals surface area (Å²) in [5.41, 5.74) is 1.26. The summed E-state index contributed by atoms with van der Waals surface area (Å²) in [7, 11) is 0. The van der Waals surface area contributed by atoms with Gasteiger partial charge in [-0.25, -0.2) is 0 Å². The Morgan fingerprint density at radius 3 is 3.17 bits per heavy atom. The predicted octanol–water partition coefficient (Wildman–Crippen LogP) is 2.17. The van der Waals surface area contributed by atoms with Gasteiger partial charge in [0.05, 0.1) is 0 Å². The minimum atomic E-state index is -0.204. The zero-order chi connectivity index (χ0) is 12.8. The van der Waals surface area contributed by atoms with E-state index in [1.54, 1.807) is 6.20 Å². The second-order valence-corrected chi connectivity index (χ2v) is 4.67. The lowest BCUT2D eigenvalue weighted by atomic mass is 9.96. The van der Waals surface area contributed by atoms with Crippen molar-refractivity contribution in [2.45, 2.75) is 32.2 Å². The summed E-state index contributed by atoms with van der Waals surface area (Å²) in [6.07, 6.45) is 7.37. The molecule has 2 rings (SSSR count). The SMILES string of the molecule is CC(=O)OCCN1CCCCC1c1cccnc1. The lowest BCUT2D eigenvalue weighted by molar-refractivity contribution is -0.141. The molecule has 0 aliphatic carbocycles. The largest absolute Gasteiger partial charge is 0.465 e. The molecule has 0 radical (unpaired) electrons. The van der Waals surface area contributed by atoms with Crippen LogP contribution < -0.4 is 0 Å². The standard InChI is InChI=1S/C14H20N2O2/c1-12(17)18-10-9-16-8-3-2-6-14(16)13-5-4-7-15-11-13/h4-5,7,11,14H,2-3,6,8-10H2,1H3. The van der Waals surface area contributed by atoms with Crippen molar-refractivity contribution in [3.8, 4) is 0 Å². The number of pyridine rings is 1. The van der Waals surface area contributed by atoms with Gasteiger partial charge in [0.25, 0.3) is 0 Å². The van der Waals surface area contributed by atoms with Gasteiger partial charge in [-0.15, -0.1) is 0 Å². The average Bonchev–Trinajstić information content (AvgIpc) is 2.40. The van der Waals surface area contributed by atoms with Gasteiger partial charge in [-0.05, 0) is 31.0 Å². The normalized spacial score (nSPS) is 20.6. The van der Waals surface area contributed by atoms with Gasteiger partial charge in [-0.3, -0.25) is 14.7 Å². The van der Waals surface area contributed by atoms with Gasteiger partial charge in [0, 0.05) is 31.9 Å². The smallest absolute Gasteiger partial charge is 0.302 e. The molecule has 1 atom stereocenters. The molecule has 0 saturated carbocycles. The lowest BCUT2D eigenvalue weighted by Crippen LogP contribution is -2.36. The van der Waals surface area contributed by atoms with Gasteiger partial charge in [-0.2, -0.15) is 0 Å². The molecule has 1 fully saturated rings. The quantitative estimate of drug-likeness (QED) is 0.766. The highest BCUT2D eigenvalue weighted by molar-refractivity contribution is 5.65. The van der Waals surface area contributed by atoms with Crippen molar-refractivity contribution in [1.29, 1.82) is 0 Å². The number of aromatic nitrogens is 1. The highest BCUT2D eigenvalue weighted by Crippen LogP contribution is 2.29. The van der Waals surface area contributed by atoms with E-state index in [1.165, 1.54) is 25.3 Å². The molecule has 2 heterocycles. The van der Waals surface area contributed by atoms with Crippen LogP contribution in [0, 0.1) is 0 Å². The van der Waals surface area contributed by atoms with Crippen LogP contribution in [0.15, 0.2) is 24.5 Å². The summed E-state index contributed by atoms with van der Waals surface area (Å²) in [5.74, 6) is -0.204. The Hall–Kier alpha value is -1.42. The van der Waals surface area contributed by atoms with Crippen LogP contribution in [0.25, 0.3) is 0 Å². The first-order valence-electron chi connectivity index (χ1n) is 6.54. The van der Waals surface area contributed by atoms with Crippen LogP contribution in [-0.4, -0.2) is 35.5 Å². The third kappa shape index (κ3) is 3.53. The number of rotatable bonds is 4. The zero-order valence-electron chi connectivity index (χ0n) is 10.8. The Bertz CT molecular complexity index is 381. The number of carbonyl (C=O) groups excluding carboxylic acids is 1. The van der Waals surface area contributed by atoms with Crippen molar-refractivity contribution in [1.82, 2.24) is 9.88 Å². The van der Waals surface area contributed by atoms with E-state index >= 15 is 0 Å². The topological polar surface area (TPSA) is 42.4 Å². The van der Waals surface area contributed by atoms with Crippen LogP contribution >= 0.6 is 0 Å². The summed E-state index contributed by atoms with van der Waals surface area (Å²) < 4.78 is 5.03. The van der Waals surface area contributed by atoms with Crippen molar-refractivity contribution in [2.75, 3.05) is 19.7 Å². The molecule has 0 N–H and O–H groups in total. The Balaban J connectivity index is 1.95. The van der Waals surface area contributed by atoms with E-state index in [-0.39, 0.29) is 5.97 Å². The average molecular weight is 248 g/mol. The molecule has 1 unspecified atom stereocenters. The summed E-state index contributed by atoms with van der Waals surface area (Å²) in [4.78, 5) is 17.4. The van der Waals surface area contributed by atoms with E-state index < -0.39 is 0 Å². The number of piperidine rings is 1. The Morgan fingerprint density at radius 1 is 1.56 bits per heavy atom. The van der Waals surface area contributed by atoms with Crippen LogP contribution in [0.5, 0.6) is 0 Å². The number of carbonyl (C=O) groups is 1. The lowest BCUT2D eigenvalue weighted by Gasteiger charge is -2.35. The minimum Gasteiger partial charge on any atom is -0.465 e. The first-order valence-corrected chi connectivity index (χ1v) is 6.54. The van der Waals surface area contributed by atoms with Crippen molar-refractivity contribution in [3.05, 3.63) is 30.1 Å². The molecule has 4 heteroatoms. The number of hydrogen-bond donors (Lipinski definition) is 0. The van der Waals surface area contributed by atoms with E-state index in [0.717, 1.165) is 19.5 Å². The molecule has 0 spiro atoms. The first kappa shape index (κ1) is 13.0. The fourth-order valence-corrected chi connectivity index (χ4v) is 2.52. The van der Waals surface area contributed by atoms with Crippen molar-refractivity contribution < 1.29 is 9.53 Å². The summed E-state index contributed by atoms with van der Waals surface area (Å²) in [5, 5.41) is 0. The number of hydrogen-bond acceptors (Lipinski definition) is 4. The molecule has 0 aromatic carbocycles. The maximum absolute atomic E-state index is 10.8. The molecule has 1 aromatic rings. The second kappa shape index (κ2) is 6.50. The van der Waals surface area contributed by atoms with Crippen molar-refractivity contribution in [2.24, 2.45) is 0 Å². The summed E-state index contributed by atoms with van der Waals surface area (Å²) >= 11 is 0. The van der Waals surface area contributed by atoms with Gasteiger partial charge < -0.3 is 4.74 Å². The molecule has 98 valence electrons. The Labute approximate surface area is 108 Å². The number of nitrogens with zero attached hydrogens (tertiary/aromatic N) is 2. The fourth-order valence-electron chi connectivity index (χ4n) is 2.52. The molecular formula is C14H20N2O2. The van der Waals surface area contributed by atoms with E-state index in [0.29, 0.717) is 12.6 Å². The molecule has 1 saturated heterocycles. The number of esters is 1. The van der Waals surface area contributed by atoms with Gasteiger partial charge in [0.2, 0.25) is 0 Å². The fraction of sp³-hybridized carbons (Fsp3) is 0.571. The van der Waals surface area contributed by atoms with Gasteiger partial charge in [0.15, 0.2) is 0 Å². The third-order valence-electron chi connectivity index (χ3n) is 3.37. The van der Waals surface area contributed by atoms with Gasteiger partial charge in [0.1, 0.15) is 6.61 Å². The number of ether oxygens (including phenoxy) is 1. The Morgan fingerprint density at radius 2 is 2.44 bits per heavy atom. The van der Waals surface area contributed by atoms with E-state index in [1.807, 2.05) is 12.3 Å². The van der Waals surface area contributed by atoms with Crippen LogP contribution in [0.4, 0.5) is 0 Å². The van der Waals surface area contributed by atoms with Crippen LogP contribution in [-0.2, 0) is 9.53 Å². The third-order valence-corrected chi connectivity index (χ3v) is 3.37. The maximum Gasteiger partial charge on any atom is 0.302 e.